The molecule has 4 heteroatoms. The summed E-state index contributed by atoms with van der Waals surface area (Å²) in [7, 11) is 0. The minimum atomic E-state index is -0.0308. The maximum absolute atomic E-state index is 10.3. The largest absolute Gasteiger partial charge is 0.504 e. The molecule has 0 amide bonds. The Morgan fingerprint density at radius 3 is 2.00 bits per heavy atom. The van der Waals surface area contributed by atoms with Crippen molar-refractivity contribution in [2.24, 2.45) is 0 Å². The van der Waals surface area contributed by atoms with Gasteiger partial charge in [-0.15, -0.1) is 0 Å². The van der Waals surface area contributed by atoms with Gasteiger partial charge < -0.3 is 19.7 Å². The smallest absolute Gasteiger partial charge is 0.165 e. The molecule has 2 aromatic rings. The highest BCUT2D eigenvalue weighted by Gasteiger charge is 2.31. The summed E-state index contributed by atoms with van der Waals surface area (Å²) >= 11 is 0. The second-order valence-corrected chi connectivity index (χ2v) is 5.52. The van der Waals surface area contributed by atoms with Crippen LogP contribution >= 0.6 is 0 Å². The van der Waals surface area contributed by atoms with Gasteiger partial charge in [0.05, 0.1) is 25.4 Å². The van der Waals surface area contributed by atoms with Crippen molar-refractivity contribution in [3.05, 3.63) is 35.4 Å². The molecule has 4 rings (SSSR count). The van der Waals surface area contributed by atoms with E-state index in [9.17, 15) is 10.2 Å². The van der Waals surface area contributed by atoms with E-state index >= 15 is 0 Å². The van der Waals surface area contributed by atoms with Crippen LogP contribution in [0.2, 0.25) is 0 Å². The van der Waals surface area contributed by atoms with Crippen molar-refractivity contribution in [1.82, 2.24) is 0 Å². The van der Waals surface area contributed by atoms with E-state index < -0.39 is 0 Å². The lowest BCUT2D eigenvalue weighted by Crippen LogP contribution is -2.04. The molecule has 2 saturated heterocycles. The number of rotatable bonds is 4. The van der Waals surface area contributed by atoms with Crippen LogP contribution in [0.4, 0.5) is 0 Å². The quantitative estimate of drug-likeness (QED) is 0.661. The van der Waals surface area contributed by atoms with E-state index in [-0.39, 0.29) is 23.7 Å². The highest BCUT2D eigenvalue weighted by atomic mass is 16.6. The van der Waals surface area contributed by atoms with Crippen molar-refractivity contribution in [2.75, 3.05) is 13.2 Å². The number of phenols is 2. The number of ether oxygens (including phenoxy) is 2. The fraction of sp³-hybridized carbons (Fsp3) is 0.375. The predicted octanol–water partition coefficient (Wildman–Crippen LogP) is 2.13. The molecule has 0 aliphatic carbocycles. The molecule has 2 N–H and O–H groups in total. The number of benzene rings is 2. The van der Waals surface area contributed by atoms with Crippen LogP contribution in [-0.4, -0.2) is 35.6 Å². The lowest BCUT2D eigenvalue weighted by Gasteiger charge is -2.15. The van der Waals surface area contributed by atoms with Crippen LogP contribution in [0, 0.1) is 0 Å². The van der Waals surface area contributed by atoms with E-state index in [1.165, 1.54) is 0 Å². The van der Waals surface area contributed by atoms with Gasteiger partial charge in [-0.05, 0) is 10.9 Å². The number of phenolic OH excluding ortho intramolecular Hbond substituents is 2. The minimum Gasteiger partial charge on any atom is -0.504 e. The zero-order valence-corrected chi connectivity index (χ0v) is 11.0. The van der Waals surface area contributed by atoms with Crippen molar-refractivity contribution in [3.63, 3.8) is 0 Å². The fourth-order valence-corrected chi connectivity index (χ4v) is 2.81. The SMILES string of the molecule is Oc1c(CC2CO2)c(CC2CO2)c2ccccc2c1O. The topological polar surface area (TPSA) is 65.5 Å². The summed E-state index contributed by atoms with van der Waals surface area (Å²) in [6.45, 7) is 1.50. The van der Waals surface area contributed by atoms with Crippen LogP contribution in [0.15, 0.2) is 24.3 Å². The van der Waals surface area contributed by atoms with Crippen LogP contribution in [0.1, 0.15) is 11.1 Å². The molecule has 2 atom stereocenters. The van der Waals surface area contributed by atoms with Crippen molar-refractivity contribution in [2.45, 2.75) is 25.0 Å². The monoisotopic (exact) mass is 272 g/mol. The average molecular weight is 272 g/mol. The summed E-state index contributed by atoms with van der Waals surface area (Å²) in [5.74, 6) is -0.0356. The van der Waals surface area contributed by atoms with E-state index in [0.29, 0.717) is 11.8 Å². The molecule has 104 valence electrons. The van der Waals surface area contributed by atoms with Gasteiger partial charge in [0.25, 0.3) is 0 Å². The first-order valence-electron chi connectivity index (χ1n) is 6.91. The first-order valence-corrected chi connectivity index (χ1v) is 6.91. The van der Waals surface area contributed by atoms with Gasteiger partial charge in [0.15, 0.2) is 11.5 Å². The molecule has 2 aromatic carbocycles. The Bertz CT molecular complexity index is 672. The van der Waals surface area contributed by atoms with Gasteiger partial charge >= 0.3 is 0 Å². The normalized spacial score (nSPS) is 24.0. The van der Waals surface area contributed by atoms with E-state index in [0.717, 1.165) is 36.1 Å². The average Bonchev–Trinajstić information content (AvgIpc) is 3.35. The van der Waals surface area contributed by atoms with Crippen LogP contribution in [0.25, 0.3) is 10.8 Å². The van der Waals surface area contributed by atoms with Crippen molar-refractivity contribution < 1.29 is 19.7 Å². The van der Waals surface area contributed by atoms with E-state index in [4.69, 9.17) is 9.47 Å². The third-order valence-electron chi connectivity index (χ3n) is 4.05. The molecule has 0 saturated carbocycles. The molecular weight excluding hydrogens is 256 g/mol. The summed E-state index contributed by atoms with van der Waals surface area (Å²) in [6.07, 6.45) is 1.82. The zero-order valence-electron chi connectivity index (χ0n) is 11.0. The Hall–Kier alpha value is -1.78. The van der Waals surface area contributed by atoms with Gasteiger partial charge in [0.2, 0.25) is 0 Å². The van der Waals surface area contributed by atoms with E-state index in [2.05, 4.69) is 0 Å². The Kier molecular flexibility index (Phi) is 2.62. The van der Waals surface area contributed by atoms with Crippen molar-refractivity contribution in [3.8, 4) is 11.5 Å². The number of epoxide rings is 2. The molecule has 20 heavy (non-hydrogen) atoms. The lowest BCUT2D eigenvalue weighted by molar-refractivity contribution is 0.384. The Morgan fingerprint density at radius 2 is 1.40 bits per heavy atom. The van der Waals surface area contributed by atoms with Gasteiger partial charge in [-0.25, -0.2) is 0 Å². The third kappa shape index (κ3) is 2.01. The summed E-state index contributed by atoms with van der Waals surface area (Å²) in [5, 5.41) is 22.3. The zero-order chi connectivity index (χ0) is 13.7. The lowest BCUT2D eigenvalue weighted by atomic mass is 9.91. The standard InChI is InChI=1S/C16H16O4/c17-15-12-4-2-1-3-11(12)13(5-9-7-19-9)14(16(15)18)6-10-8-20-10/h1-4,9-10,17-18H,5-8H2. The van der Waals surface area contributed by atoms with E-state index in [1.807, 2.05) is 24.3 Å². The van der Waals surface area contributed by atoms with Crippen LogP contribution in [0.3, 0.4) is 0 Å². The van der Waals surface area contributed by atoms with Crippen LogP contribution < -0.4 is 0 Å². The summed E-state index contributed by atoms with van der Waals surface area (Å²) < 4.78 is 10.6. The Morgan fingerprint density at radius 1 is 0.850 bits per heavy atom. The summed E-state index contributed by atoms with van der Waals surface area (Å²) in [5.41, 5.74) is 1.88. The predicted molar refractivity (Wildman–Crippen MR) is 74.2 cm³/mol. The highest BCUT2D eigenvalue weighted by molar-refractivity contribution is 5.94. The number of fused-ring (bicyclic) bond motifs is 1. The maximum Gasteiger partial charge on any atom is 0.165 e. The van der Waals surface area contributed by atoms with E-state index in [1.54, 1.807) is 0 Å². The van der Waals surface area contributed by atoms with Gasteiger partial charge in [-0.3, -0.25) is 0 Å². The molecule has 2 aliphatic rings. The van der Waals surface area contributed by atoms with Gasteiger partial charge in [0.1, 0.15) is 0 Å². The Labute approximate surface area is 116 Å². The minimum absolute atomic E-state index is 0.00477. The number of hydrogen-bond acceptors (Lipinski definition) is 4. The molecule has 2 aliphatic heterocycles. The summed E-state index contributed by atoms with van der Waals surface area (Å²) in [4.78, 5) is 0. The molecule has 0 radical (unpaired) electrons. The summed E-state index contributed by atoms with van der Waals surface area (Å²) in [6, 6.07) is 7.64. The van der Waals surface area contributed by atoms with Crippen molar-refractivity contribution >= 4 is 10.8 Å². The number of hydrogen-bond donors (Lipinski definition) is 2. The molecule has 0 aromatic heterocycles. The third-order valence-corrected chi connectivity index (χ3v) is 4.05. The second-order valence-electron chi connectivity index (χ2n) is 5.52. The fourth-order valence-electron chi connectivity index (χ4n) is 2.81. The molecule has 2 heterocycles. The molecule has 2 fully saturated rings. The number of aromatic hydroxyl groups is 2. The maximum atomic E-state index is 10.3. The van der Waals surface area contributed by atoms with Crippen LogP contribution in [0.5, 0.6) is 11.5 Å². The van der Waals surface area contributed by atoms with Crippen molar-refractivity contribution in [1.29, 1.82) is 0 Å². The second kappa shape index (κ2) is 4.36. The molecule has 0 spiro atoms. The first kappa shape index (κ1) is 12.0. The molecule has 4 nitrogen and oxygen atoms in total. The molecule has 2 unspecified atom stereocenters. The first-order chi connectivity index (χ1) is 9.74. The Balaban J connectivity index is 1.93. The molecule has 0 bridgehead atoms. The highest BCUT2D eigenvalue weighted by Crippen LogP contribution is 2.42. The van der Waals surface area contributed by atoms with Gasteiger partial charge in [0, 0.05) is 23.8 Å². The van der Waals surface area contributed by atoms with Gasteiger partial charge in [-0.1, -0.05) is 24.3 Å². The molecular formula is C16H16O4. The van der Waals surface area contributed by atoms with Crippen LogP contribution in [-0.2, 0) is 22.3 Å². The van der Waals surface area contributed by atoms with Gasteiger partial charge in [-0.2, -0.15) is 0 Å².